The van der Waals surface area contributed by atoms with Crippen molar-refractivity contribution in [1.82, 2.24) is 10.2 Å². The Morgan fingerprint density at radius 2 is 2.00 bits per heavy atom. The van der Waals surface area contributed by atoms with Crippen LogP contribution in [-0.4, -0.2) is 21.5 Å². The summed E-state index contributed by atoms with van der Waals surface area (Å²) in [5.74, 6) is -0.00755. The monoisotopic (exact) mass is 226 g/mol. The van der Waals surface area contributed by atoms with Crippen molar-refractivity contribution in [2.75, 3.05) is 0 Å². The van der Waals surface area contributed by atoms with Crippen molar-refractivity contribution < 1.29 is 4.79 Å². The number of hydrogen-bond donors (Lipinski definition) is 1. The van der Waals surface area contributed by atoms with Gasteiger partial charge in [-0.05, 0) is 51.9 Å². The van der Waals surface area contributed by atoms with Crippen LogP contribution in [0, 0.1) is 0 Å². The molecule has 0 aliphatic carbocycles. The summed E-state index contributed by atoms with van der Waals surface area (Å²) in [6, 6.07) is 0. The van der Waals surface area contributed by atoms with Gasteiger partial charge in [0.05, 0.1) is 0 Å². The normalized spacial score (nSPS) is 20.7. The molecular weight excluding hydrogens is 208 g/mol. The van der Waals surface area contributed by atoms with Crippen LogP contribution in [0.3, 0.4) is 0 Å². The van der Waals surface area contributed by atoms with E-state index in [0.29, 0.717) is 10.8 Å². The van der Waals surface area contributed by atoms with Crippen LogP contribution in [-0.2, 0) is 4.79 Å². The lowest BCUT2D eigenvalue weighted by atomic mass is 10.1. The van der Waals surface area contributed by atoms with Crippen molar-refractivity contribution in [3.05, 3.63) is 11.3 Å². The van der Waals surface area contributed by atoms with Gasteiger partial charge in [-0.25, -0.2) is 0 Å². The van der Waals surface area contributed by atoms with Gasteiger partial charge in [0.25, 0.3) is 5.91 Å². The fourth-order valence-electron chi connectivity index (χ4n) is 1.50. The Bertz CT molecular complexity index is 339. The standard InChI is InChI=1S/C11H18N2OS/c1-6-7(2)8-9(14)13(10(15)12-8)11(3,4)5/h6H2,1-5H3,(H,12,15)/b8-7-. The summed E-state index contributed by atoms with van der Waals surface area (Å²) in [5.41, 5.74) is 1.43. The third-order valence-electron chi connectivity index (χ3n) is 2.48. The molecule has 0 unspecified atom stereocenters. The SMILES string of the molecule is CC/C(C)=C1\NC(=S)N(C(C)(C)C)C1=O. The number of nitrogens with one attached hydrogen (secondary N) is 1. The molecule has 84 valence electrons. The number of amides is 1. The maximum Gasteiger partial charge on any atom is 0.276 e. The second-order valence-electron chi connectivity index (χ2n) is 4.75. The van der Waals surface area contributed by atoms with Crippen LogP contribution in [0.1, 0.15) is 41.0 Å². The van der Waals surface area contributed by atoms with Gasteiger partial charge < -0.3 is 5.32 Å². The van der Waals surface area contributed by atoms with Gasteiger partial charge in [0.2, 0.25) is 0 Å². The zero-order chi connectivity index (χ0) is 11.8. The average Bonchev–Trinajstić information content (AvgIpc) is 2.39. The predicted octanol–water partition coefficient (Wildman–Crippen LogP) is 2.19. The van der Waals surface area contributed by atoms with Gasteiger partial charge in [0.15, 0.2) is 5.11 Å². The van der Waals surface area contributed by atoms with Gasteiger partial charge >= 0.3 is 0 Å². The van der Waals surface area contributed by atoms with E-state index < -0.39 is 0 Å². The molecule has 0 aromatic carbocycles. The van der Waals surface area contributed by atoms with E-state index in [4.69, 9.17) is 12.2 Å². The lowest BCUT2D eigenvalue weighted by Gasteiger charge is -2.29. The molecule has 15 heavy (non-hydrogen) atoms. The number of allylic oxidation sites excluding steroid dienone is 1. The highest BCUT2D eigenvalue weighted by molar-refractivity contribution is 7.80. The van der Waals surface area contributed by atoms with Crippen molar-refractivity contribution in [2.24, 2.45) is 0 Å². The Labute approximate surface area is 96.5 Å². The molecule has 0 aromatic rings. The maximum absolute atomic E-state index is 12.1. The molecule has 0 spiro atoms. The number of hydrogen-bond acceptors (Lipinski definition) is 2. The first kappa shape index (κ1) is 12.2. The molecule has 0 saturated carbocycles. The Morgan fingerprint density at radius 3 is 2.33 bits per heavy atom. The minimum Gasteiger partial charge on any atom is -0.328 e. The molecule has 1 aliphatic rings. The van der Waals surface area contributed by atoms with Gasteiger partial charge in [-0.1, -0.05) is 6.92 Å². The van der Waals surface area contributed by atoms with E-state index in [0.717, 1.165) is 12.0 Å². The summed E-state index contributed by atoms with van der Waals surface area (Å²) in [7, 11) is 0. The van der Waals surface area contributed by atoms with Crippen molar-refractivity contribution in [3.63, 3.8) is 0 Å². The van der Waals surface area contributed by atoms with Gasteiger partial charge in [0.1, 0.15) is 5.70 Å². The first-order valence-electron chi connectivity index (χ1n) is 5.14. The van der Waals surface area contributed by atoms with E-state index in [9.17, 15) is 4.79 Å². The van der Waals surface area contributed by atoms with Crippen LogP contribution in [0.2, 0.25) is 0 Å². The minimum atomic E-state index is -0.267. The van der Waals surface area contributed by atoms with E-state index in [1.165, 1.54) is 0 Å². The molecular formula is C11H18N2OS. The highest BCUT2D eigenvalue weighted by Crippen LogP contribution is 2.23. The van der Waals surface area contributed by atoms with Crippen LogP contribution in [0.25, 0.3) is 0 Å². The quantitative estimate of drug-likeness (QED) is 0.549. The van der Waals surface area contributed by atoms with Crippen LogP contribution in [0.15, 0.2) is 11.3 Å². The summed E-state index contributed by atoms with van der Waals surface area (Å²) in [5, 5.41) is 3.51. The topological polar surface area (TPSA) is 32.3 Å². The Morgan fingerprint density at radius 1 is 1.47 bits per heavy atom. The molecule has 0 aromatic heterocycles. The number of nitrogens with zero attached hydrogens (tertiary/aromatic N) is 1. The zero-order valence-electron chi connectivity index (χ0n) is 9.97. The fourth-order valence-corrected chi connectivity index (χ4v) is 1.95. The highest BCUT2D eigenvalue weighted by atomic mass is 32.1. The van der Waals surface area contributed by atoms with Crippen LogP contribution >= 0.6 is 12.2 Å². The summed E-state index contributed by atoms with van der Waals surface area (Å²) in [6.45, 7) is 9.91. The number of carbonyl (C=O) groups is 1. The lowest BCUT2D eigenvalue weighted by Crippen LogP contribution is -2.45. The van der Waals surface area contributed by atoms with E-state index in [1.807, 2.05) is 34.6 Å². The third kappa shape index (κ3) is 2.20. The van der Waals surface area contributed by atoms with Crippen molar-refractivity contribution in [3.8, 4) is 0 Å². The van der Waals surface area contributed by atoms with Crippen LogP contribution < -0.4 is 5.32 Å². The minimum absolute atomic E-state index is 0.00755. The van der Waals surface area contributed by atoms with Crippen molar-refractivity contribution >= 4 is 23.2 Å². The number of carbonyl (C=O) groups excluding carboxylic acids is 1. The van der Waals surface area contributed by atoms with Crippen molar-refractivity contribution in [2.45, 2.75) is 46.6 Å². The molecule has 1 amide bonds. The molecule has 4 heteroatoms. The number of thiocarbonyl (C=S) groups is 1. The third-order valence-corrected chi connectivity index (χ3v) is 2.76. The van der Waals surface area contributed by atoms with E-state index in [-0.39, 0.29) is 11.4 Å². The van der Waals surface area contributed by atoms with Crippen LogP contribution in [0.4, 0.5) is 0 Å². The summed E-state index contributed by atoms with van der Waals surface area (Å²) >= 11 is 5.17. The van der Waals surface area contributed by atoms with Gasteiger partial charge in [-0.3, -0.25) is 9.69 Å². The molecule has 1 fully saturated rings. The molecule has 1 heterocycles. The molecule has 1 aliphatic heterocycles. The van der Waals surface area contributed by atoms with E-state index in [1.54, 1.807) is 4.90 Å². The Hall–Kier alpha value is -0.900. The highest BCUT2D eigenvalue weighted by Gasteiger charge is 2.38. The lowest BCUT2D eigenvalue weighted by molar-refractivity contribution is -0.125. The zero-order valence-corrected chi connectivity index (χ0v) is 10.8. The predicted molar refractivity (Wildman–Crippen MR) is 65.3 cm³/mol. The largest absolute Gasteiger partial charge is 0.328 e. The van der Waals surface area contributed by atoms with Crippen LogP contribution in [0.5, 0.6) is 0 Å². The van der Waals surface area contributed by atoms with E-state index in [2.05, 4.69) is 5.32 Å². The molecule has 1 rings (SSSR count). The summed E-state index contributed by atoms with van der Waals surface area (Å²) in [4.78, 5) is 13.7. The van der Waals surface area contributed by atoms with Gasteiger partial charge in [-0.15, -0.1) is 0 Å². The maximum atomic E-state index is 12.1. The molecule has 0 radical (unpaired) electrons. The Kier molecular flexibility index (Phi) is 3.19. The summed E-state index contributed by atoms with van der Waals surface area (Å²) < 4.78 is 0. The van der Waals surface area contributed by atoms with Gasteiger partial charge in [0, 0.05) is 5.54 Å². The number of rotatable bonds is 1. The first-order valence-corrected chi connectivity index (χ1v) is 5.55. The fraction of sp³-hybridized carbons (Fsp3) is 0.636. The Balaban J connectivity index is 3.10. The van der Waals surface area contributed by atoms with Crippen molar-refractivity contribution in [1.29, 1.82) is 0 Å². The molecule has 1 saturated heterocycles. The smallest absolute Gasteiger partial charge is 0.276 e. The molecule has 3 nitrogen and oxygen atoms in total. The second-order valence-corrected chi connectivity index (χ2v) is 5.14. The molecule has 1 N–H and O–H groups in total. The molecule has 0 bridgehead atoms. The second kappa shape index (κ2) is 3.93. The first-order chi connectivity index (χ1) is 6.79. The summed E-state index contributed by atoms with van der Waals surface area (Å²) in [6.07, 6.45) is 0.856. The van der Waals surface area contributed by atoms with E-state index >= 15 is 0 Å². The molecule has 0 atom stereocenters. The average molecular weight is 226 g/mol. The van der Waals surface area contributed by atoms with Gasteiger partial charge in [-0.2, -0.15) is 0 Å².